The summed E-state index contributed by atoms with van der Waals surface area (Å²) in [4.78, 5) is 20.9. The maximum absolute atomic E-state index is 12.7. The van der Waals surface area contributed by atoms with E-state index in [2.05, 4.69) is 15.3 Å². The SMILES string of the molecule is O=C1N=C(NC(O)(O)O)c2ccc(C3CC3)cc2C1CCc1ccccn1. The summed E-state index contributed by atoms with van der Waals surface area (Å²) in [7, 11) is 0. The molecule has 7 nitrogen and oxygen atoms in total. The van der Waals surface area contributed by atoms with E-state index in [-0.39, 0.29) is 11.7 Å². The molecule has 140 valence electrons. The summed E-state index contributed by atoms with van der Waals surface area (Å²) in [5.74, 6) is -0.335. The van der Waals surface area contributed by atoms with Crippen LogP contribution in [-0.4, -0.2) is 38.1 Å². The van der Waals surface area contributed by atoms with Crippen LogP contribution in [0.1, 0.15) is 53.5 Å². The molecule has 0 spiro atoms. The molecule has 4 N–H and O–H groups in total. The second kappa shape index (κ2) is 6.84. The first-order valence-corrected chi connectivity index (χ1v) is 9.02. The van der Waals surface area contributed by atoms with Crippen LogP contribution in [0, 0.1) is 0 Å². The molecule has 1 aromatic carbocycles. The van der Waals surface area contributed by atoms with Gasteiger partial charge in [-0.1, -0.05) is 24.3 Å². The van der Waals surface area contributed by atoms with E-state index < -0.39 is 12.0 Å². The van der Waals surface area contributed by atoms with Crippen LogP contribution in [0.4, 0.5) is 0 Å². The molecule has 1 saturated carbocycles. The molecule has 1 amide bonds. The van der Waals surface area contributed by atoms with Crippen LogP contribution >= 0.6 is 0 Å². The minimum Gasteiger partial charge on any atom is -0.325 e. The number of amidine groups is 1. The van der Waals surface area contributed by atoms with Gasteiger partial charge in [-0.2, -0.15) is 4.99 Å². The Morgan fingerprint density at radius 3 is 2.63 bits per heavy atom. The smallest absolute Gasteiger partial charge is 0.325 e. The van der Waals surface area contributed by atoms with Crippen LogP contribution in [0.5, 0.6) is 0 Å². The van der Waals surface area contributed by atoms with Crippen molar-refractivity contribution in [3.63, 3.8) is 0 Å². The third-order valence-corrected chi connectivity index (χ3v) is 4.98. The second-order valence-corrected chi connectivity index (χ2v) is 7.09. The van der Waals surface area contributed by atoms with Crippen molar-refractivity contribution >= 4 is 11.7 Å². The molecule has 0 radical (unpaired) electrons. The van der Waals surface area contributed by atoms with Gasteiger partial charge >= 0.3 is 6.10 Å². The van der Waals surface area contributed by atoms with Gasteiger partial charge in [-0.05, 0) is 54.9 Å². The fourth-order valence-electron chi connectivity index (χ4n) is 3.51. The Balaban J connectivity index is 1.66. The van der Waals surface area contributed by atoms with Gasteiger partial charge in [0.25, 0.3) is 5.91 Å². The van der Waals surface area contributed by atoms with Crippen LogP contribution in [0.15, 0.2) is 47.6 Å². The summed E-state index contributed by atoms with van der Waals surface area (Å²) in [5, 5.41) is 29.8. The van der Waals surface area contributed by atoms with Gasteiger partial charge in [0, 0.05) is 17.5 Å². The van der Waals surface area contributed by atoms with Crippen molar-refractivity contribution in [3.8, 4) is 0 Å². The van der Waals surface area contributed by atoms with Gasteiger partial charge in [0.2, 0.25) is 0 Å². The topological polar surface area (TPSA) is 115 Å². The number of benzene rings is 1. The van der Waals surface area contributed by atoms with E-state index in [1.165, 1.54) is 5.56 Å². The molecule has 27 heavy (non-hydrogen) atoms. The number of fused-ring (bicyclic) bond motifs is 1. The van der Waals surface area contributed by atoms with Crippen molar-refractivity contribution in [1.82, 2.24) is 10.3 Å². The number of nitrogens with one attached hydrogen (secondary N) is 1. The van der Waals surface area contributed by atoms with Gasteiger partial charge in [-0.3, -0.25) is 15.1 Å². The number of hydrogen-bond acceptors (Lipinski definition) is 6. The van der Waals surface area contributed by atoms with Crippen molar-refractivity contribution in [1.29, 1.82) is 0 Å². The van der Waals surface area contributed by atoms with E-state index in [4.69, 9.17) is 0 Å². The number of rotatable bonds is 5. The van der Waals surface area contributed by atoms with E-state index in [1.54, 1.807) is 6.20 Å². The summed E-state index contributed by atoms with van der Waals surface area (Å²) in [6.07, 6.45) is 2.03. The maximum Gasteiger partial charge on any atom is 0.368 e. The zero-order valence-electron chi connectivity index (χ0n) is 14.7. The first kappa shape index (κ1) is 17.8. The molecule has 2 aliphatic rings. The first-order chi connectivity index (χ1) is 12.9. The van der Waals surface area contributed by atoms with Gasteiger partial charge in [-0.15, -0.1) is 0 Å². The van der Waals surface area contributed by atoms with Crippen molar-refractivity contribution in [3.05, 3.63) is 65.0 Å². The molecule has 1 unspecified atom stereocenters. The summed E-state index contributed by atoms with van der Waals surface area (Å²) < 4.78 is 0. The highest BCUT2D eigenvalue weighted by Gasteiger charge is 2.34. The van der Waals surface area contributed by atoms with Gasteiger partial charge in [-0.25, -0.2) is 0 Å². The number of carbonyl (C=O) groups is 1. The molecule has 1 atom stereocenters. The highest BCUT2D eigenvalue weighted by atomic mass is 16.7. The normalized spacial score (nSPS) is 19.4. The average Bonchev–Trinajstić information content (AvgIpc) is 3.45. The minimum absolute atomic E-state index is 0.0427. The van der Waals surface area contributed by atoms with Crippen LogP contribution < -0.4 is 5.32 Å². The number of aromatic nitrogens is 1. The average molecular weight is 367 g/mol. The van der Waals surface area contributed by atoms with Crippen LogP contribution in [-0.2, 0) is 11.2 Å². The number of aliphatic hydroxyl groups is 3. The molecular formula is C20H21N3O4. The summed E-state index contributed by atoms with van der Waals surface area (Å²) in [6, 6.07) is 11.5. The molecule has 7 heteroatoms. The molecule has 0 bridgehead atoms. The fraction of sp³-hybridized carbons (Fsp3) is 0.350. The van der Waals surface area contributed by atoms with Gasteiger partial charge in [0.15, 0.2) is 0 Å². The van der Waals surface area contributed by atoms with Crippen molar-refractivity contribution in [2.75, 3.05) is 0 Å². The number of amides is 1. The number of hydrogen-bond donors (Lipinski definition) is 4. The van der Waals surface area contributed by atoms with Crippen molar-refractivity contribution in [2.24, 2.45) is 4.99 Å². The molecule has 1 aliphatic heterocycles. The second-order valence-electron chi connectivity index (χ2n) is 7.09. The lowest BCUT2D eigenvalue weighted by Gasteiger charge is -2.27. The molecule has 4 rings (SSSR count). The monoisotopic (exact) mass is 367 g/mol. The lowest BCUT2D eigenvalue weighted by Crippen LogP contribution is -2.50. The van der Waals surface area contributed by atoms with E-state index in [0.717, 1.165) is 24.1 Å². The molecule has 2 heterocycles. The Hall–Kier alpha value is -2.61. The quantitative estimate of drug-likeness (QED) is 0.589. The predicted octanol–water partition coefficient (Wildman–Crippen LogP) is 1.14. The molecule has 1 aromatic heterocycles. The summed E-state index contributed by atoms with van der Waals surface area (Å²) in [6.45, 7) is 0. The molecule has 2 aromatic rings. The third-order valence-electron chi connectivity index (χ3n) is 4.98. The Morgan fingerprint density at radius 2 is 1.96 bits per heavy atom. The van der Waals surface area contributed by atoms with Crippen LogP contribution in [0.2, 0.25) is 0 Å². The number of aryl methyl sites for hydroxylation is 1. The van der Waals surface area contributed by atoms with E-state index in [9.17, 15) is 20.1 Å². The standard InChI is InChI=1S/C20H21N3O4/c24-19-16(9-7-14-3-1-2-10-21-14)17-11-13(12-4-5-12)6-8-15(17)18(22-19)23-20(25,26)27/h1-3,6,8,10-12,16,25-27H,4-5,7,9H2,(H,22,23,24). The zero-order valence-corrected chi connectivity index (χ0v) is 14.7. The fourth-order valence-corrected chi connectivity index (χ4v) is 3.51. The largest absolute Gasteiger partial charge is 0.368 e. The predicted molar refractivity (Wildman–Crippen MR) is 97.8 cm³/mol. The van der Waals surface area contributed by atoms with Crippen molar-refractivity contribution < 1.29 is 20.1 Å². The molecule has 1 aliphatic carbocycles. The lowest BCUT2D eigenvalue weighted by atomic mass is 9.85. The molecule has 1 fully saturated rings. The minimum atomic E-state index is -3.15. The Kier molecular flexibility index (Phi) is 4.51. The van der Waals surface area contributed by atoms with E-state index in [1.807, 2.05) is 36.4 Å². The maximum atomic E-state index is 12.7. The summed E-state index contributed by atoms with van der Waals surface area (Å²) >= 11 is 0. The Labute approximate surface area is 156 Å². The van der Waals surface area contributed by atoms with Crippen molar-refractivity contribution in [2.45, 2.75) is 43.6 Å². The number of pyridine rings is 1. The van der Waals surface area contributed by atoms with Gasteiger partial charge < -0.3 is 15.3 Å². The highest BCUT2D eigenvalue weighted by molar-refractivity contribution is 6.11. The van der Waals surface area contributed by atoms with E-state index >= 15 is 0 Å². The Morgan fingerprint density at radius 1 is 1.15 bits per heavy atom. The molecule has 0 saturated heterocycles. The number of aliphatic imine (C=N–C) groups is 1. The van der Waals surface area contributed by atoms with Crippen LogP contribution in [0.25, 0.3) is 0 Å². The summed E-state index contributed by atoms with van der Waals surface area (Å²) in [5.41, 5.74) is 3.46. The Bertz CT molecular complexity index is 886. The number of carbonyl (C=O) groups excluding carboxylic acids is 1. The third kappa shape index (κ3) is 4.05. The van der Waals surface area contributed by atoms with Gasteiger partial charge in [0.1, 0.15) is 5.84 Å². The molecular weight excluding hydrogens is 346 g/mol. The number of nitrogens with zero attached hydrogens (tertiary/aromatic N) is 2. The van der Waals surface area contributed by atoms with Crippen LogP contribution in [0.3, 0.4) is 0 Å². The first-order valence-electron chi connectivity index (χ1n) is 9.02. The zero-order chi connectivity index (χ0) is 19.0. The lowest BCUT2D eigenvalue weighted by molar-refractivity contribution is -0.321. The highest BCUT2D eigenvalue weighted by Crippen LogP contribution is 2.42. The van der Waals surface area contributed by atoms with Gasteiger partial charge in [0.05, 0.1) is 5.92 Å². The van der Waals surface area contributed by atoms with E-state index in [0.29, 0.717) is 24.3 Å².